The monoisotopic (exact) mass is 298 g/mol. The highest BCUT2D eigenvalue weighted by Gasteiger charge is 2.18. The van der Waals surface area contributed by atoms with E-state index in [1.54, 1.807) is 6.92 Å². The highest BCUT2D eigenvalue weighted by Crippen LogP contribution is 2.31. The molecule has 0 heterocycles. The van der Waals surface area contributed by atoms with Gasteiger partial charge in [-0.05, 0) is 68.9 Å². The van der Waals surface area contributed by atoms with Crippen molar-refractivity contribution in [3.8, 4) is 0 Å². The second-order valence-corrected chi connectivity index (χ2v) is 7.05. The molecular formula is C21H30O. The summed E-state index contributed by atoms with van der Waals surface area (Å²) in [6.07, 6.45) is 11.5. The van der Waals surface area contributed by atoms with Gasteiger partial charge >= 0.3 is 0 Å². The van der Waals surface area contributed by atoms with Crippen molar-refractivity contribution in [2.24, 2.45) is 11.8 Å². The molecule has 1 aromatic carbocycles. The zero-order chi connectivity index (χ0) is 15.9. The summed E-state index contributed by atoms with van der Waals surface area (Å²) < 4.78 is 0. The number of aryl methyl sites for hydroxylation is 2. The Hall–Kier alpha value is -1.37. The molecule has 1 unspecified atom stereocenters. The molecule has 1 fully saturated rings. The van der Waals surface area contributed by atoms with E-state index >= 15 is 0 Å². The molecule has 120 valence electrons. The molecule has 0 bridgehead atoms. The van der Waals surface area contributed by atoms with Crippen molar-refractivity contribution in [1.82, 2.24) is 0 Å². The van der Waals surface area contributed by atoms with Crippen LogP contribution < -0.4 is 0 Å². The average Bonchev–Trinajstić information content (AvgIpc) is 2.71. The number of hydrogen-bond acceptors (Lipinski definition) is 1. The van der Waals surface area contributed by atoms with Crippen LogP contribution in [-0.4, -0.2) is 5.78 Å². The van der Waals surface area contributed by atoms with Crippen molar-refractivity contribution in [1.29, 1.82) is 0 Å². The van der Waals surface area contributed by atoms with Gasteiger partial charge in [0.05, 0.1) is 0 Å². The van der Waals surface area contributed by atoms with Crippen molar-refractivity contribution >= 4 is 5.78 Å². The molecule has 0 radical (unpaired) electrons. The van der Waals surface area contributed by atoms with Crippen LogP contribution >= 0.6 is 0 Å². The van der Waals surface area contributed by atoms with Gasteiger partial charge in [0.1, 0.15) is 5.78 Å². The molecule has 2 rings (SSSR count). The molecule has 22 heavy (non-hydrogen) atoms. The van der Waals surface area contributed by atoms with E-state index in [-0.39, 0.29) is 5.78 Å². The first-order chi connectivity index (χ1) is 10.6. The third kappa shape index (κ3) is 5.12. The van der Waals surface area contributed by atoms with Gasteiger partial charge in [0.15, 0.2) is 0 Å². The fraction of sp³-hybridized carbons (Fsp3) is 0.571. The lowest BCUT2D eigenvalue weighted by Crippen LogP contribution is -2.07. The van der Waals surface area contributed by atoms with Crippen LogP contribution in [0.4, 0.5) is 0 Å². The summed E-state index contributed by atoms with van der Waals surface area (Å²) in [6, 6.07) is 6.75. The van der Waals surface area contributed by atoms with Gasteiger partial charge in [-0.25, -0.2) is 0 Å². The van der Waals surface area contributed by atoms with E-state index in [4.69, 9.17) is 0 Å². The van der Waals surface area contributed by atoms with Gasteiger partial charge in [0, 0.05) is 6.42 Å². The van der Waals surface area contributed by atoms with Crippen molar-refractivity contribution in [3.05, 3.63) is 47.5 Å². The molecule has 1 aliphatic rings. The van der Waals surface area contributed by atoms with Crippen molar-refractivity contribution in [2.45, 2.75) is 65.2 Å². The normalized spacial score (nSPS) is 22.1. The minimum absolute atomic E-state index is 0.287. The van der Waals surface area contributed by atoms with Crippen molar-refractivity contribution in [2.75, 3.05) is 0 Å². The minimum atomic E-state index is 0.287. The smallest absolute Gasteiger partial charge is 0.130 e. The number of ketones is 1. The quantitative estimate of drug-likeness (QED) is 0.504. The van der Waals surface area contributed by atoms with Crippen LogP contribution in [0.15, 0.2) is 30.9 Å². The summed E-state index contributed by atoms with van der Waals surface area (Å²) in [6.45, 7) is 7.82. The first kappa shape index (κ1) is 17.0. The van der Waals surface area contributed by atoms with E-state index in [0.717, 1.165) is 18.3 Å². The molecule has 1 nitrogen and oxygen atoms in total. The van der Waals surface area contributed by atoms with E-state index in [0.29, 0.717) is 6.42 Å². The summed E-state index contributed by atoms with van der Waals surface area (Å²) >= 11 is 0. The zero-order valence-electron chi connectivity index (χ0n) is 14.2. The highest BCUT2D eigenvalue weighted by molar-refractivity contribution is 5.75. The molecule has 0 saturated heterocycles. The summed E-state index contributed by atoms with van der Waals surface area (Å²) in [5.74, 6) is 1.80. The minimum Gasteiger partial charge on any atom is -0.300 e. The molecule has 0 N–H and O–H groups in total. The van der Waals surface area contributed by atoms with Crippen LogP contribution in [0, 0.1) is 18.8 Å². The predicted molar refractivity (Wildman–Crippen MR) is 94.1 cm³/mol. The molecule has 0 aromatic heterocycles. The van der Waals surface area contributed by atoms with Gasteiger partial charge in [0.2, 0.25) is 0 Å². The third-order valence-corrected chi connectivity index (χ3v) is 5.08. The van der Waals surface area contributed by atoms with Crippen LogP contribution in [0.1, 0.15) is 62.1 Å². The Balaban J connectivity index is 2.05. The average molecular weight is 298 g/mol. The lowest BCUT2D eigenvalue weighted by molar-refractivity contribution is -0.116. The Morgan fingerprint density at radius 2 is 2.05 bits per heavy atom. The summed E-state index contributed by atoms with van der Waals surface area (Å²) in [7, 11) is 0. The standard InChI is InChI=1S/C21H30O/c1-4-18-6-5-7-19(11-10-18)15-21-14-16(2)8-12-20(21)13-9-17(3)22/h4,8,12,14,18-19H,1,5-7,9-11,13,15H2,2-3H3/t18?,19-/m1/s1. The second kappa shape index (κ2) is 8.31. The van der Waals surface area contributed by atoms with Crippen LogP contribution in [0.5, 0.6) is 0 Å². The number of carbonyl (C=O) groups is 1. The van der Waals surface area contributed by atoms with Crippen LogP contribution in [0.25, 0.3) is 0 Å². The topological polar surface area (TPSA) is 17.1 Å². The Morgan fingerprint density at radius 3 is 2.77 bits per heavy atom. The van der Waals surface area contributed by atoms with E-state index < -0.39 is 0 Å². The largest absolute Gasteiger partial charge is 0.300 e. The van der Waals surface area contributed by atoms with Crippen LogP contribution in [0.3, 0.4) is 0 Å². The Morgan fingerprint density at radius 1 is 1.23 bits per heavy atom. The molecule has 0 amide bonds. The van der Waals surface area contributed by atoms with Crippen molar-refractivity contribution < 1.29 is 4.79 Å². The SMILES string of the molecule is C=CC1CCC[C@@H](Cc2cc(C)ccc2CCC(C)=O)CC1. The molecule has 2 atom stereocenters. The highest BCUT2D eigenvalue weighted by atomic mass is 16.1. The Bertz CT molecular complexity index is 515. The molecule has 1 saturated carbocycles. The lowest BCUT2D eigenvalue weighted by atomic mass is 9.88. The fourth-order valence-electron chi connectivity index (χ4n) is 3.66. The maximum Gasteiger partial charge on any atom is 0.130 e. The summed E-state index contributed by atoms with van der Waals surface area (Å²) in [5, 5.41) is 0. The zero-order valence-corrected chi connectivity index (χ0v) is 14.2. The Labute approximate surface area is 135 Å². The van der Waals surface area contributed by atoms with Gasteiger partial charge in [0.25, 0.3) is 0 Å². The molecule has 0 aliphatic heterocycles. The molecular weight excluding hydrogens is 268 g/mol. The number of benzene rings is 1. The molecule has 1 aromatic rings. The van der Waals surface area contributed by atoms with Gasteiger partial charge in [-0.2, -0.15) is 0 Å². The maximum atomic E-state index is 11.3. The van der Waals surface area contributed by atoms with E-state index in [1.807, 2.05) is 0 Å². The number of allylic oxidation sites excluding steroid dienone is 1. The number of carbonyl (C=O) groups excluding carboxylic acids is 1. The number of hydrogen-bond donors (Lipinski definition) is 0. The van der Waals surface area contributed by atoms with Crippen LogP contribution in [-0.2, 0) is 17.6 Å². The summed E-state index contributed by atoms with van der Waals surface area (Å²) in [5.41, 5.74) is 4.19. The van der Waals surface area contributed by atoms with E-state index in [2.05, 4.69) is 37.8 Å². The number of rotatable bonds is 6. The predicted octanol–water partition coefficient (Wildman–Crippen LogP) is 5.44. The summed E-state index contributed by atoms with van der Waals surface area (Å²) in [4.78, 5) is 11.3. The van der Waals surface area contributed by atoms with E-state index in [9.17, 15) is 4.79 Å². The van der Waals surface area contributed by atoms with Gasteiger partial charge < -0.3 is 4.79 Å². The molecule has 0 spiro atoms. The van der Waals surface area contributed by atoms with Gasteiger partial charge in [-0.1, -0.05) is 42.7 Å². The third-order valence-electron chi connectivity index (χ3n) is 5.08. The molecule has 1 aliphatic carbocycles. The lowest BCUT2D eigenvalue weighted by Gasteiger charge is -2.17. The van der Waals surface area contributed by atoms with Gasteiger partial charge in [-0.3, -0.25) is 0 Å². The molecule has 1 heteroatoms. The van der Waals surface area contributed by atoms with Crippen molar-refractivity contribution in [3.63, 3.8) is 0 Å². The van der Waals surface area contributed by atoms with E-state index in [1.165, 1.54) is 55.2 Å². The second-order valence-electron chi connectivity index (χ2n) is 7.05. The fourth-order valence-corrected chi connectivity index (χ4v) is 3.66. The Kier molecular flexibility index (Phi) is 6.42. The van der Waals surface area contributed by atoms with Crippen LogP contribution in [0.2, 0.25) is 0 Å². The first-order valence-electron chi connectivity index (χ1n) is 8.79. The first-order valence-corrected chi connectivity index (χ1v) is 8.79. The van der Waals surface area contributed by atoms with Gasteiger partial charge in [-0.15, -0.1) is 6.58 Å². The maximum absolute atomic E-state index is 11.3. The number of Topliss-reactive ketones (excluding diaryl/α,β-unsaturated/α-hetero) is 1.